The van der Waals surface area contributed by atoms with Crippen molar-refractivity contribution in [3.8, 4) is 11.5 Å². The van der Waals surface area contributed by atoms with Gasteiger partial charge in [0.1, 0.15) is 51.8 Å². The Morgan fingerprint density at radius 1 is 0.444 bits per heavy atom. The second-order valence-corrected chi connectivity index (χ2v) is 17.2. The van der Waals surface area contributed by atoms with E-state index in [1.54, 1.807) is 0 Å². The third-order valence-electron chi connectivity index (χ3n) is 7.91. The summed E-state index contributed by atoms with van der Waals surface area (Å²) in [5.74, 6) is -5.30. The van der Waals surface area contributed by atoms with E-state index in [1.165, 1.54) is 48.5 Å². The molecule has 0 saturated heterocycles. The van der Waals surface area contributed by atoms with Crippen LogP contribution < -0.4 is 10.2 Å². The van der Waals surface area contributed by atoms with Crippen molar-refractivity contribution in [1.29, 1.82) is 0 Å². The van der Waals surface area contributed by atoms with Crippen LogP contribution in [0.2, 0.25) is 0 Å². The smallest absolute Gasteiger partial charge is 0.337 e. The van der Waals surface area contributed by atoms with E-state index < -0.39 is 94.9 Å². The quantitative estimate of drug-likeness (QED) is 0.113. The van der Waals surface area contributed by atoms with E-state index in [1.807, 2.05) is 0 Å². The molecule has 0 spiro atoms. The second kappa shape index (κ2) is 22.6. The Morgan fingerprint density at radius 2 is 0.762 bits per heavy atom. The minimum atomic E-state index is -5.29. The van der Waals surface area contributed by atoms with E-state index in [0.29, 0.717) is 12.1 Å². The third-order valence-corrected chi connectivity index (χ3v) is 11.3. The molecule has 0 aliphatic carbocycles. The predicted molar refractivity (Wildman–Crippen MR) is 211 cm³/mol. The molecule has 0 atom stereocenters. The van der Waals surface area contributed by atoms with E-state index >= 15 is 0 Å². The zero-order chi connectivity index (χ0) is 44.5. The summed E-state index contributed by atoms with van der Waals surface area (Å²) >= 11 is 0. The Bertz CT molecular complexity index is 3100. The molecule has 0 fully saturated rings. The van der Waals surface area contributed by atoms with Gasteiger partial charge >= 0.3 is 11.9 Å². The third kappa shape index (κ3) is 14.0. The molecule has 318 valence electrons. The zero-order valence-electron chi connectivity index (χ0n) is 31.2. The van der Waals surface area contributed by atoms with Gasteiger partial charge in [0, 0.05) is 167 Å². The Balaban J connectivity index is 0.000000414. The van der Waals surface area contributed by atoms with Crippen LogP contribution in [-0.2, 0) is 40.5 Å². The average molecular weight is 1310 g/mol. The maximum Gasteiger partial charge on any atom is 0.337 e. The fourth-order valence-electron chi connectivity index (χ4n) is 5.22. The number of fused-ring (bicyclic) bond motifs is 2. The molecular weight excluding hydrogens is 1290 g/mol. The van der Waals surface area contributed by atoms with E-state index in [-0.39, 0.29) is 191 Å². The minimum absolute atomic E-state index is 0. The average Bonchev–Trinajstić information content (AvgIpc) is 3.15. The number of benzene rings is 6. The number of rotatable bonds is 10. The molecule has 0 unspecified atom stereocenters. The SMILES string of the molecule is O=C(O)c1ccccc1N=Nc1c([O-])c(S(=O)(=O)[O-])cc2cc(S(=O)(=O)[O-])ccc12.O=C(O)c1ccccc1N=Nc1c([O-])c(S(=O)(=O)[O-])cc2cc(S(=O)(=O)[O-])ccc12.[Ba].[Ba].[Ba]. The molecule has 0 saturated carbocycles. The first-order valence-corrected chi connectivity index (χ1v) is 21.3. The first-order chi connectivity index (χ1) is 27.8. The van der Waals surface area contributed by atoms with Crippen LogP contribution in [0.15, 0.2) is 137 Å². The molecule has 6 rings (SSSR count). The van der Waals surface area contributed by atoms with Gasteiger partial charge in [-0.1, -0.05) is 47.9 Å². The first-order valence-electron chi connectivity index (χ1n) is 15.7. The van der Waals surface area contributed by atoms with E-state index in [0.717, 1.165) is 36.4 Å². The molecule has 6 radical (unpaired) electrons. The van der Waals surface area contributed by atoms with Gasteiger partial charge < -0.3 is 38.6 Å². The molecule has 0 aliphatic rings. The number of carboxylic acids is 2. The first kappa shape index (κ1) is 57.1. The minimum Gasteiger partial charge on any atom is -0.870 e. The number of carboxylic acid groups (broad SMARTS) is 2. The summed E-state index contributed by atoms with van der Waals surface area (Å²) in [7, 11) is -20.4. The molecule has 0 aromatic heterocycles. The summed E-state index contributed by atoms with van der Waals surface area (Å²) in [5.41, 5.74) is -2.12. The number of nitrogens with zero attached hydrogens (tertiary/aromatic N) is 4. The van der Waals surface area contributed by atoms with Gasteiger partial charge in [0.2, 0.25) is 0 Å². The normalized spacial score (nSPS) is 11.9. The van der Waals surface area contributed by atoms with Gasteiger partial charge in [-0.25, -0.2) is 43.3 Å². The van der Waals surface area contributed by atoms with Crippen molar-refractivity contribution < 1.29 is 81.9 Å². The molecule has 2 N–H and O–H groups in total. The van der Waals surface area contributed by atoms with Gasteiger partial charge in [-0.05, 0) is 71.4 Å². The van der Waals surface area contributed by atoms with Crippen LogP contribution >= 0.6 is 0 Å². The molecular formula is C34H18Ba3N4O18S4-6. The maximum atomic E-state index is 12.5. The van der Waals surface area contributed by atoms with Crippen molar-refractivity contribution >= 4 is 243 Å². The second-order valence-electron chi connectivity index (χ2n) is 11.7. The summed E-state index contributed by atoms with van der Waals surface area (Å²) in [6.07, 6.45) is 0. The fraction of sp³-hybridized carbons (Fsp3) is 0. The molecule has 29 heteroatoms. The molecule has 6 aromatic rings. The van der Waals surface area contributed by atoms with Crippen LogP contribution in [0.5, 0.6) is 11.5 Å². The van der Waals surface area contributed by atoms with Gasteiger partial charge in [0.25, 0.3) is 0 Å². The van der Waals surface area contributed by atoms with Gasteiger partial charge in [0.15, 0.2) is 0 Å². The van der Waals surface area contributed by atoms with Crippen LogP contribution in [0, 0.1) is 0 Å². The van der Waals surface area contributed by atoms with Crippen molar-refractivity contribution in [3.63, 3.8) is 0 Å². The van der Waals surface area contributed by atoms with Crippen LogP contribution in [0.3, 0.4) is 0 Å². The Hall–Kier alpha value is -2.07. The fourth-order valence-corrected chi connectivity index (χ4v) is 7.42. The van der Waals surface area contributed by atoms with Gasteiger partial charge in [-0.3, -0.25) is 0 Å². The van der Waals surface area contributed by atoms with E-state index in [2.05, 4.69) is 20.5 Å². The van der Waals surface area contributed by atoms with E-state index in [4.69, 9.17) is 0 Å². The number of azo groups is 2. The van der Waals surface area contributed by atoms with E-state index in [9.17, 15) is 81.9 Å². The molecule has 6 aromatic carbocycles. The predicted octanol–water partition coefficient (Wildman–Crippen LogP) is 2.53. The molecule has 0 aliphatic heterocycles. The van der Waals surface area contributed by atoms with Crippen LogP contribution in [0.25, 0.3) is 21.5 Å². The summed E-state index contributed by atoms with van der Waals surface area (Å²) < 4.78 is 136. The van der Waals surface area contributed by atoms with Crippen molar-refractivity contribution in [3.05, 3.63) is 108 Å². The number of hydrogen-bond donors (Lipinski definition) is 2. The topological polar surface area (TPSA) is 399 Å². The Morgan fingerprint density at radius 3 is 1.05 bits per heavy atom. The van der Waals surface area contributed by atoms with Crippen LogP contribution in [0.1, 0.15) is 20.7 Å². The van der Waals surface area contributed by atoms with Gasteiger partial charge in [0.05, 0.1) is 32.3 Å². The van der Waals surface area contributed by atoms with Crippen molar-refractivity contribution in [2.24, 2.45) is 20.5 Å². The number of aromatic carboxylic acids is 2. The van der Waals surface area contributed by atoms with Crippen molar-refractivity contribution in [1.82, 2.24) is 0 Å². The monoisotopic (exact) mass is 1310 g/mol. The standard InChI is InChI=1S/2C17H12N2O9S2.3Ba/c2*20-16-14(30(26,27)28)8-9-7-10(29(23,24)25)5-6-11(9)15(16)19-18-13-4-2-1-3-12(13)17(21)22;;;/h2*1-8,20H,(H,21,22)(H,23,24,25)(H,26,27,28);;;/p-6. The summed E-state index contributed by atoms with van der Waals surface area (Å²) in [6, 6.07) is 17.4. The van der Waals surface area contributed by atoms with Crippen LogP contribution in [0.4, 0.5) is 22.7 Å². The number of hydrogen-bond acceptors (Lipinski definition) is 20. The molecule has 0 bridgehead atoms. The van der Waals surface area contributed by atoms with Crippen LogP contribution in [-0.4, -0.2) is 221 Å². The van der Waals surface area contributed by atoms with Crippen molar-refractivity contribution in [2.45, 2.75) is 19.6 Å². The molecule has 63 heavy (non-hydrogen) atoms. The maximum absolute atomic E-state index is 12.5. The zero-order valence-corrected chi connectivity index (χ0v) is 47.8. The Kier molecular flexibility index (Phi) is 20.5. The summed E-state index contributed by atoms with van der Waals surface area (Å²) in [6.45, 7) is 0. The number of carbonyl (C=O) groups is 2. The molecule has 22 nitrogen and oxygen atoms in total. The van der Waals surface area contributed by atoms with Gasteiger partial charge in [-0.15, -0.1) is 10.2 Å². The largest absolute Gasteiger partial charge is 0.870 e. The van der Waals surface area contributed by atoms with Crippen molar-refractivity contribution in [2.75, 3.05) is 0 Å². The summed E-state index contributed by atoms with van der Waals surface area (Å²) in [4.78, 5) is 18.6. The molecule has 0 heterocycles. The summed E-state index contributed by atoms with van der Waals surface area (Å²) in [5, 5.41) is 57.3. The molecule has 0 amide bonds. The Labute approximate surface area is 476 Å². The van der Waals surface area contributed by atoms with Gasteiger partial charge in [-0.2, -0.15) is 10.2 Å².